The summed E-state index contributed by atoms with van der Waals surface area (Å²) < 4.78 is 6.90. The van der Waals surface area contributed by atoms with Crippen LogP contribution in [0.15, 0.2) is 30.5 Å². The summed E-state index contributed by atoms with van der Waals surface area (Å²) in [7, 11) is 0. The van der Waals surface area contributed by atoms with Crippen LogP contribution in [0.5, 0.6) is 0 Å². The molecule has 0 unspecified atom stereocenters. The van der Waals surface area contributed by atoms with E-state index >= 15 is 0 Å². The number of carbonyl (C=O) groups is 1. The number of rotatable bonds is 4. The first-order chi connectivity index (χ1) is 9.29. The Morgan fingerprint density at radius 2 is 2.21 bits per heavy atom. The van der Waals surface area contributed by atoms with Crippen LogP contribution in [0.1, 0.15) is 44.1 Å². The number of carbonyl (C=O) groups excluding carboxylic acids is 1. The lowest BCUT2D eigenvalue weighted by Gasteiger charge is -2.06. The van der Waals surface area contributed by atoms with Crippen LogP contribution in [0.4, 0.5) is 4.79 Å². The fraction of sp³-hybridized carbons (Fsp3) is 0.438. The van der Waals surface area contributed by atoms with Gasteiger partial charge in [-0.2, -0.15) is 0 Å². The minimum absolute atomic E-state index is 0.267. The molecule has 0 radical (unpaired) electrons. The van der Waals surface area contributed by atoms with E-state index in [1.807, 2.05) is 6.07 Å². The first-order valence-corrected chi connectivity index (χ1v) is 7.07. The Morgan fingerprint density at radius 1 is 1.37 bits per heavy atom. The SMILES string of the molecule is CCCCOC(=O)n1ccc2ccc(C3CC3)cc21. The number of unbranched alkanes of at least 4 members (excludes halogenated alkanes) is 1. The molecule has 1 aromatic carbocycles. The molecule has 100 valence electrons. The maximum atomic E-state index is 12.0. The first-order valence-electron chi connectivity index (χ1n) is 7.07. The van der Waals surface area contributed by atoms with E-state index in [0.29, 0.717) is 12.5 Å². The van der Waals surface area contributed by atoms with Gasteiger partial charge in [-0.1, -0.05) is 25.5 Å². The predicted octanol–water partition coefficient (Wildman–Crippen LogP) is 4.30. The van der Waals surface area contributed by atoms with Gasteiger partial charge in [-0.25, -0.2) is 4.79 Å². The van der Waals surface area contributed by atoms with Crippen LogP contribution in [0, 0.1) is 0 Å². The lowest BCUT2D eigenvalue weighted by atomic mass is 10.1. The third kappa shape index (κ3) is 2.50. The van der Waals surface area contributed by atoms with Crippen LogP contribution >= 0.6 is 0 Å². The standard InChI is InChI=1S/C16H19NO2/c1-2-3-10-19-16(18)17-9-8-13-6-7-14(11-15(13)17)12-4-5-12/h6-9,11-12H,2-5,10H2,1H3. The van der Waals surface area contributed by atoms with Crippen molar-refractivity contribution in [3.05, 3.63) is 36.0 Å². The van der Waals surface area contributed by atoms with Crippen LogP contribution in [-0.4, -0.2) is 17.3 Å². The van der Waals surface area contributed by atoms with Gasteiger partial charge in [0.25, 0.3) is 0 Å². The fourth-order valence-corrected chi connectivity index (χ4v) is 2.35. The van der Waals surface area contributed by atoms with Gasteiger partial charge in [0.15, 0.2) is 0 Å². The highest BCUT2D eigenvalue weighted by atomic mass is 16.5. The molecule has 1 aromatic heterocycles. The molecular weight excluding hydrogens is 238 g/mol. The summed E-state index contributed by atoms with van der Waals surface area (Å²) in [5.74, 6) is 0.698. The van der Waals surface area contributed by atoms with Crippen molar-refractivity contribution in [2.45, 2.75) is 38.5 Å². The number of hydrogen-bond donors (Lipinski definition) is 0. The van der Waals surface area contributed by atoms with Crippen LogP contribution in [0.3, 0.4) is 0 Å². The molecule has 0 bridgehead atoms. The summed E-state index contributed by atoms with van der Waals surface area (Å²) in [6.45, 7) is 2.58. The molecule has 3 nitrogen and oxygen atoms in total. The molecule has 2 aromatic rings. The molecule has 1 aliphatic carbocycles. The molecule has 3 heteroatoms. The Morgan fingerprint density at radius 3 is 2.95 bits per heavy atom. The minimum Gasteiger partial charge on any atom is -0.449 e. The Bertz CT molecular complexity index is 596. The highest BCUT2D eigenvalue weighted by molar-refractivity contribution is 5.90. The Balaban J connectivity index is 1.85. The van der Waals surface area contributed by atoms with Gasteiger partial charge in [-0.15, -0.1) is 0 Å². The average molecular weight is 257 g/mol. The molecule has 0 atom stereocenters. The van der Waals surface area contributed by atoms with Gasteiger partial charge in [0.2, 0.25) is 0 Å². The highest BCUT2D eigenvalue weighted by Crippen LogP contribution is 2.40. The van der Waals surface area contributed by atoms with E-state index in [1.54, 1.807) is 10.8 Å². The lowest BCUT2D eigenvalue weighted by Crippen LogP contribution is -2.13. The fourth-order valence-electron chi connectivity index (χ4n) is 2.35. The van der Waals surface area contributed by atoms with E-state index in [2.05, 4.69) is 25.1 Å². The number of nitrogens with zero attached hydrogens (tertiary/aromatic N) is 1. The average Bonchev–Trinajstić information content (AvgIpc) is 3.18. The maximum Gasteiger partial charge on any atom is 0.418 e. The van der Waals surface area contributed by atoms with Crippen LogP contribution in [0.25, 0.3) is 10.9 Å². The molecule has 0 amide bonds. The second kappa shape index (κ2) is 5.08. The summed E-state index contributed by atoms with van der Waals surface area (Å²) in [4.78, 5) is 12.0. The molecule has 0 spiro atoms. The molecule has 1 heterocycles. The monoisotopic (exact) mass is 257 g/mol. The summed E-state index contributed by atoms with van der Waals surface area (Å²) in [6.07, 6.45) is 6.02. The largest absolute Gasteiger partial charge is 0.449 e. The van der Waals surface area contributed by atoms with Gasteiger partial charge >= 0.3 is 6.09 Å². The van der Waals surface area contributed by atoms with Gasteiger partial charge in [-0.05, 0) is 42.9 Å². The number of aromatic nitrogens is 1. The third-order valence-corrected chi connectivity index (χ3v) is 3.69. The van der Waals surface area contributed by atoms with E-state index < -0.39 is 0 Å². The lowest BCUT2D eigenvalue weighted by molar-refractivity contribution is 0.147. The molecule has 1 fully saturated rings. The van der Waals surface area contributed by atoms with Gasteiger partial charge in [0.1, 0.15) is 0 Å². The summed E-state index contributed by atoms with van der Waals surface area (Å²) in [5.41, 5.74) is 2.31. The van der Waals surface area contributed by atoms with Crippen molar-refractivity contribution < 1.29 is 9.53 Å². The molecular formula is C16H19NO2. The zero-order chi connectivity index (χ0) is 13.2. The molecule has 0 aliphatic heterocycles. The second-order valence-corrected chi connectivity index (χ2v) is 5.25. The van der Waals surface area contributed by atoms with Gasteiger partial charge in [0, 0.05) is 11.6 Å². The smallest absolute Gasteiger partial charge is 0.418 e. The van der Waals surface area contributed by atoms with Crippen LogP contribution in [0.2, 0.25) is 0 Å². The molecule has 1 saturated carbocycles. The number of benzene rings is 1. The van der Waals surface area contributed by atoms with Crippen molar-refractivity contribution in [1.82, 2.24) is 4.57 Å². The van der Waals surface area contributed by atoms with Crippen molar-refractivity contribution in [3.8, 4) is 0 Å². The molecule has 0 N–H and O–H groups in total. The normalized spacial score (nSPS) is 14.8. The number of ether oxygens (including phenoxy) is 1. The predicted molar refractivity (Wildman–Crippen MR) is 75.6 cm³/mol. The summed E-state index contributed by atoms with van der Waals surface area (Å²) in [6, 6.07) is 8.37. The first kappa shape index (κ1) is 12.3. The van der Waals surface area contributed by atoms with Crippen molar-refractivity contribution in [1.29, 1.82) is 0 Å². The highest BCUT2D eigenvalue weighted by Gasteiger charge is 2.24. The van der Waals surface area contributed by atoms with Crippen molar-refractivity contribution in [2.75, 3.05) is 6.61 Å². The summed E-state index contributed by atoms with van der Waals surface area (Å²) in [5, 5.41) is 1.09. The van der Waals surface area contributed by atoms with Crippen LogP contribution in [-0.2, 0) is 4.74 Å². The minimum atomic E-state index is -0.267. The van der Waals surface area contributed by atoms with E-state index in [9.17, 15) is 4.79 Å². The Labute approximate surface area is 113 Å². The molecule has 0 saturated heterocycles. The van der Waals surface area contributed by atoms with Gasteiger partial charge in [-0.3, -0.25) is 4.57 Å². The molecule has 19 heavy (non-hydrogen) atoms. The van der Waals surface area contributed by atoms with Crippen molar-refractivity contribution in [2.24, 2.45) is 0 Å². The second-order valence-electron chi connectivity index (χ2n) is 5.25. The van der Waals surface area contributed by atoms with Gasteiger partial charge < -0.3 is 4.74 Å². The Kier molecular flexibility index (Phi) is 3.28. The van der Waals surface area contributed by atoms with E-state index in [0.717, 1.165) is 23.7 Å². The molecule has 3 rings (SSSR count). The van der Waals surface area contributed by atoms with Gasteiger partial charge in [0.05, 0.1) is 12.1 Å². The Hall–Kier alpha value is -1.77. The van der Waals surface area contributed by atoms with Crippen molar-refractivity contribution in [3.63, 3.8) is 0 Å². The third-order valence-electron chi connectivity index (χ3n) is 3.69. The number of fused-ring (bicyclic) bond motifs is 1. The van der Waals surface area contributed by atoms with E-state index in [1.165, 1.54) is 18.4 Å². The van der Waals surface area contributed by atoms with E-state index in [4.69, 9.17) is 4.74 Å². The number of hydrogen-bond acceptors (Lipinski definition) is 2. The maximum absolute atomic E-state index is 12.0. The van der Waals surface area contributed by atoms with Crippen molar-refractivity contribution >= 4 is 17.0 Å². The zero-order valence-corrected chi connectivity index (χ0v) is 11.3. The summed E-state index contributed by atoms with van der Waals surface area (Å²) >= 11 is 0. The zero-order valence-electron chi connectivity index (χ0n) is 11.3. The van der Waals surface area contributed by atoms with E-state index in [-0.39, 0.29) is 6.09 Å². The van der Waals surface area contributed by atoms with Crippen LogP contribution < -0.4 is 0 Å². The topological polar surface area (TPSA) is 31.2 Å². The molecule has 1 aliphatic rings. The quantitative estimate of drug-likeness (QED) is 0.764.